The van der Waals surface area contributed by atoms with Gasteiger partial charge in [-0.1, -0.05) is 6.92 Å². The van der Waals surface area contributed by atoms with Crippen molar-refractivity contribution in [1.82, 2.24) is 29.4 Å². The minimum atomic E-state index is -0.231. The summed E-state index contributed by atoms with van der Waals surface area (Å²) in [6, 6.07) is 2.86. The molecule has 0 radical (unpaired) electrons. The highest BCUT2D eigenvalue weighted by atomic mass is 16.2. The SMILES string of the molecule is CCCn1nc(C(=O)N(C)Cc2nnc3n2CCC3)ccc1=O. The van der Waals surface area contributed by atoms with Gasteiger partial charge in [0.1, 0.15) is 11.5 Å². The summed E-state index contributed by atoms with van der Waals surface area (Å²) < 4.78 is 3.39. The molecule has 0 atom stereocenters. The number of nitrogens with zero attached hydrogens (tertiary/aromatic N) is 6. The van der Waals surface area contributed by atoms with Crippen LogP contribution < -0.4 is 5.56 Å². The van der Waals surface area contributed by atoms with E-state index in [2.05, 4.69) is 19.9 Å². The Labute approximate surface area is 133 Å². The van der Waals surface area contributed by atoms with Crippen molar-refractivity contribution in [3.63, 3.8) is 0 Å². The molecule has 0 N–H and O–H groups in total. The Kier molecular flexibility index (Phi) is 4.22. The van der Waals surface area contributed by atoms with E-state index in [1.165, 1.54) is 16.8 Å². The Balaban J connectivity index is 1.77. The van der Waals surface area contributed by atoms with Gasteiger partial charge in [0.2, 0.25) is 0 Å². The lowest BCUT2D eigenvalue weighted by Gasteiger charge is -2.16. The first-order valence-corrected chi connectivity index (χ1v) is 7.84. The number of carbonyl (C=O) groups is 1. The fourth-order valence-electron chi connectivity index (χ4n) is 2.74. The Morgan fingerprint density at radius 2 is 2.17 bits per heavy atom. The molecule has 3 heterocycles. The van der Waals surface area contributed by atoms with E-state index in [0.29, 0.717) is 13.1 Å². The number of amides is 1. The van der Waals surface area contributed by atoms with E-state index in [1.54, 1.807) is 11.9 Å². The van der Waals surface area contributed by atoms with Crippen LogP contribution in [0.25, 0.3) is 0 Å². The largest absolute Gasteiger partial charge is 0.333 e. The molecular formula is C15H20N6O2. The molecule has 0 aliphatic carbocycles. The molecule has 0 unspecified atom stereocenters. The van der Waals surface area contributed by atoms with Gasteiger partial charge in [-0.05, 0) is 18.9 Å². The summed E-state index contributed by atoms with van der Waals surface area (Å²) in [4.78, 5) is 25.8. The average Bonchev–Trinajstić information content (AvgIpc) is 3.14. The zero-order valence-electron chi connectivity index (χ0n) is 13.4. The lowest BCUT2D eigenvalue weighted by Crippen LogP contribution is -2.31. The van der Waals surface area contributed by atoms with E-state index in [1.807, 2.05) is 6.92 Å². The predicted molar refractivity (Wildman–Crippen MR) is 82.9 cm³/mol. The van der Waals surface area contributed by atoms with Crippen LogP contribution in [0.2, 0.25) is 0 Å². The zero-order valence-corrected chi connectivity index (χ0v) is 13.4. The summed E-state index contributed by atoms with van der Waals surface area (Å²) in [6.07, 6.45) is 2.79. The number of aryl methyl sites for hydroxylation is 2. The molecule has 1 amide bonds. The van der Waals surface area contributed by atoms with Gasteiger partial charge in [0.05, 0.1) is 6.54 Å². The fourth-order valence-corrected chi connectivity index (χ4v) is 2.74. The third-order valence-electron chi connectivity index (χ3n) is 3.93. The third-order valence-corrected chi connectivity index (χ3v) is 3.93. The minimum Gasteiger partial charge on any atom is -0.333 e. The lowest BCUT2D eigenvalue weighted by atomic mass is 10.3. The number of hydrogen-bond donors (Lipinski definition) is 0. The minimum absolute atomic E-state index is 0.193. The van der Waals surface area contributed by atoms with Crippen molar-refractivity contribution >= 4 is 5.91 Å². The first-order valence-electron chi connectivity index (χ1n) is 7.84. The Morgan fingerprint density at radius 1 is 1.35 bits per heavy atom. The van der Waals surface area contributed by atoms with Crippen LogP contribution in [0.1, 0.15) is 41.9 Å². The van der Waals surface area contributed by atoms with Gasteiger partial charge in [0.25, 0.3) is 11.5 Å². The molecule has 1 aliphatic heterocycles. The molecule has 8 heteroatoms. The molecule has 2 aromatic heterocycles. The fraction of sp³-hybridized carbons (Fsp3) is 0.533. The summed E-state index contributed by atoms with van der Waals surface area (Å²) in [5, 5.41) is 12.5. The van der Waals surface area contributed by atoms with Gasteiger partial charge in [-0.25, -0.2) is 4.68 Å². The molecule has 0 saturated heterocycles. The molecule has 3 rings (SSSR count). The topological polar surface area (TPSA) is 85.9 Å². The molecule has 0 spiro atoms. The first kappa shape index (κ1) is 15.4. The Morgan fingerprint density at radius 3 is 2.96 bits per heavy atom. The second-order valence-electron chi connectivity index (χ2n) is 5.73. The van der Waals surface area contributed by atoms with E-state index in [-0.39, 0.29) is 17.2 Å². The number of aromatic nitrogens is 5. The summed E-state index contributed by atoms with van der Waals surface area (Å²) in [6.45, 7) is 3.74. The van der Waals surface area contributed by atoms with Crippen molar-refractivity contribution in [2.45, 2.75) is 45.8 Å². The maximum absolute atomic E-state index is 12.5. The van der Waals surface area contributed by atoms with Crippen molar-refractivity contribution in [2.24, 2.45) is 0 Å². The Hall–Kier alpha value is -2.51. The molecule has 0 aromatic carbocycles. The summed E-state index contributed by atoms with van der Waals surface area (Å²) in [7, 11) is 1.70. The van der Waals surface area contributed by atoms with Crippen LogP contribution in [0.15, 0.2) is 16.9 Å². The molecule has 8 nitrogen and oxygen atoms in total. The quantitative estimate of drug-likeness (QED) is 0.800. The highest BCUT2D eigenvalue weighted by Crippen LogP contribution is 2.15. The second kappa shape index (κ2) is 6.31. The van der Waals surface area contributed by atoms with Crippen LogP contribution in [0.5, 0.6) is 0 Å². The van der Waals surface area contributed by atoms with Crippen LogP contribution in [-0.4, -0.2) is 42.4 Å². The lowest BCUT2D eigenvalue weighted by molar-refractivity contribution is 0.0771. The van der Waals surface area contributed by atoms with Crippen LogP contribution in [0.3, 0.4) is 0 Å². The van der Waals surface area contributed by atoms with E-state index in [4.69, 9.17) is 0 Å². The van der Waals surface area contributed by atoms with Gasteiger partial charge in [-0.2, -0.15) is 5.10 Å². The zero-order chi connectivity index (χ0) is 16.4. The van der Waals surface area contributed by atoms with Gasteiger partial charge in [-0.3, -0.25) is 9.59 Å². The summed E-state index contributed by atoms with van der Waals surface area (Å²) in [5.41, 5.74) is 0.0723. The van der Waals surface area contributed by atoms with Crippen LogP contribution >= 0.6 is 0 Å². The van der Waals surface area contributed by atoms with E-state index in [0.717, 1.165) is 37.5 Å². The number of hydrogen-bond acceptors (Lipinski definition) is 5. The third kappa shape index (κ3) is 3.01. The molecule has 0 fully saturated rings. The Bertz CT molecular complexity index is 779. The summed E-state index contributed by atoms with van der Waals surface area (Å²) in [5.74, 6) is 1.54. The average molecular weight is 316 g/mol. The molecular weight excluding hydrogens is 296 g/mol. The van der Waals surface area contributed by atoms with Gasteiger partial charge < -0.3 is 9.47 Å². The molecule has 0 saturated carbocycles. The van der Waals surface area contributed by atoms with Crippen LogP contribution in [0.4, 0.5) is 0 Å². The molecule has 122 valence electrons. The molecule has 0 bridgehead atoms. The smallest absolute Gasteiger partial charge is 0.274 e. The van der Waals surface area contributed by atoms with Gasteiger partial charge in [0, 0.05) is 32.6 Å². The molecule has 2 aromatic rings. The monoisotopic (exact) mass is 316 g/mol. The van der Waals surface area contributed by atoms with E-state index >= 15 is 0 Å². The highest BCUT2D eigenvalue weighted by Gasteiger charge is 2.21. The van der Waals surface area contributed by atoms with Crippen molar-refractivity contribution in [1.29, 1.82) is 0 Å². The summed E-state index contributed by atoms with van der Waals surface area (Å²) >= 11 is 0. The van der Waals surface area contributed by atoms with E-state index < -0.39 is 0 Å². The standard InChI is InChI=1S/C15H20N6O2/c1-3-8-21-14(22)7-6-11(18-21)15(23)19(2)10-13-17-16-12-5-4-9-20(12)13/h6-7H,3-5,8-10H2,1-2H3. The van der Waals surface area contributed by atoms with E-state index in [9.17, 15) is 9.59 Å². The van der Waals surface area contributed by atoms with Gasteiger partial charge >= 0.3 is 0 Å². The van der Waals surface area contributed by atoms with Crippen molar-refractivity contribution < 1.29 is 4.79 Å². The van der Waals surface area contributed by atoms with Crippen LogP contribution in [-0.2, 0) is 26.1 Å². The molecule has 1 aliphatic rings. The maximum atomic E-state index is 12.5. The number of fused-ring (bicyclic) bond motifs is 1. The van der Waals surface area contributed by atoms with Gasteiger partial charge in [0.15, 0.2) is 5.82 Å². The van der Waals surface area contributed by atoms with Crippen molar-refractivity contribution in [3.05, 3.63) is 39.8 Å². The maximum Gasteiger partial charge on any atom is 0.274 e. The number of carbonyl (C=O) groups excluding carboxylic acids is 1. The van der Waals surface area contributed by atoms with Gasteiger partial charge in [-0.15, -0.1) is 10.2 Å². The highest BCUT2D eigenvalue weighted by molar-refractivity contribution is 5.91. The first-order chi connectivity index (χ1) is 11.1. The predicted octanol–water partition coefficient (Wildman–Crippen LogP) is 0.463. The number of rotatable bonds is 5. The van der Waals surface area contributed by atoms with Crippen molar-refractivity contribution in [2.75, 3.05) is 7.05 Å². The normalized spacial score (nSPS) is 13.1. The second-order valence-corrected chi connectivity index (χ2v) is 5.73. The molecule has 23 heavy (non-hydrogen) atoms. The van der Waals surface area contributed by atoms with Crippen LogP contribution in [0, 0.1) is 0 Å². The van der Waals surface area contributed by atoms with Crippen molar-refractivity contribution in [3.8, 4) is 0 Å².